The third-order valence-electron chi connectivity index (χ3n) is 4.22. The van der Waals surface area contributed by atoms with Crippen LogP contribution in [-0.4, -0.2) is 14.8 Å². The number of benzene rings is 2. The molecular weight excluding hydrogens is 324 g/mol. The lowest BCUT2D eigenvalue weighted by molar-refractivity contribution is 0.651. The molecule has 0 aliphatic carbocycles. The smallest absolute Gasteiger partial charge is 0.267 e. The van der Waals surface area contributed by atoms with Crippen LogP contribution in [0, 0.1) is 11.3 Å². The van der Waals surface area contributed by atoms with Gasteiger partial charge in [0.05, 0.1) is 23.6 Å². The van der Waals surface area contributed by atoms with Gasteiger partial charge < -0.3 is 0 Å². The number of fused-ring (bicyclic) bond motifs is 1. The number of nitriles is 1. The third-order valence-corrected chi connectivity index (χ3v) is 4.22. The molecule has 5 heteroatoms. The standard InChI is InChI=1S/C21H14N4O/c22-12-15-7-9-16(10-8-15)14-25-21(26)19-6-2-1-5-18(19)20(24-25)17-4-3-11-23-13-17/h1-11,13H,14H2. The van der Waals surface area contributed by atoms with E-state index < -0.39 is 0 Å². The summed E-state index contributed by atoms with van der Waals surface area (Å²) >= 11 is 0. The first-order valence-electron chi connectivity index (χ1n) is 8.15. The summed E-state index contributed by atoms with van der Waals surface area (Å²) in [6.07, 6.45) is 3.45. The molecule has 26 heavy (non-hydrogen) atoms. The topological polar surface area (TPSA) is 71.6 Å². The lowest BCUT2D eigenvalue weighted by Gasteiger charge is -2.11. The van der Waals surface area contributed by atoms with Crippen molar-refractivity contribution in [2.75, 3.05) is 0 Å². The van der Waals surface area contributed by atoms with E-state index in [1.807, 2.05) is 48.5 Å². The van der Waals surface area contributed by atoms with Gasteiger partial charge in [0.1, 0.15) is 5.69 Å². The Balaban J connectivity index is 1.88. The zero-order valence-electron chi connectivity index (χ0n) is 13.8. The summed E-state index contributed by atoms with van der Waals surface area (Å²) in [6, 6.07) is 20.5. The summed E-state index contributed by atoms with van der Waals surface area (Å²) in [4.78, 5) is 17.0. The summed E-state index contributed by atoms with van der Waals surface area (Å²) in [5.74, 6) is 0. The van der Waals surface area contributed by atoms with Gasteiger partial charge in [0.25, 0.3) is 5.56 Å². The second-order valence-electron chi connectivity index (χ2n) is 5.91. The van der Waals surface area contributed by atoms with Crippen LogP contribution in [0.1, 0.15) is 11.1 Å². The Labute approximate surface area is 149 Å². The molecule has 4 aromatic rings. The molecule has 2 aromatic carbocycles. The van der Waals surface area contributed by atoms with Gasteiger partial charge in [-0.15, -0.1) is 0 Å². The van der Waals surface area contributed by atoms with Crippen molar-refractivity contribution < 1.29 is 0 Å². The molecule has 0 saturated heterocycles. The van der Waals surface area contributed by atoms with Crippen molar-refractivity contribution in [3.05, 3.63) is 94.5 Å². The van der Waals surface area contributed by atoms with E-state index in [1.165, 1.54) is 4.68 Å². The fraction of sp³-hybridized carbons (Fsp3) is 0.0476. The molecule has 5 nitrogen and oxygen atoms in total. The van der Waals surface area contributed by atoms with Gasteiger partial charge in [-0.25, -0.2) is 4.68 Å². The summed E-state index contributed by atoms with van der Waals surface area (Å²) in [7, 11) is 0. The fourth-order valence-corrected chi connectivity index (χ4v) is 2.92. The van der Waals surface area contributed by atoms with E-state index >= 15 is 0 Å². The molecule has 124 valence electrons. The minimum atomic E-state index is -0.141. The van der Waals surface area contributed by atoms with E-state index in [1.54, 1.807) is 24.5 Å². The number of hydrogen-bond donors (Lipinski definition) is 0. The molecule has 0 atom stereocenters. The van der Waals surface area contributed by atoms with Crippen LogP contribution < -0.4 is 5.56 Å². The van der Waals surface area contributed by atoms with Crippen LogP contribution in [0.15, 0.2) is 77.9 Å². The maximum atomic E-state index is 12.9. The molecule has 0 unspecified atom stereocenters. The normalized spacial score (nSPS) is 10.6. The zero-order chi connectivity index (χ0) is 17.9. The number of rotatable bonds is 3. The molecule has 0 fully saturated rings. The first kappa shape index (κ1) is 15.7. The van der Waals surface area contributed by atoms with Crippen LogP contribution in [-0.2, 0) is 6.54 Å². The van der Waals surface area contributed by atoms with Crippen molar-refractivity contribution in [3.8, 4) is 17.3 Å². The molecule has 0 bridgehead atoms. The Morgan fingerprint density at radius 3 is 2.42 bits per heavy atom. The molecule has 2 aromatic heterocycles. The highest BCUT2D eigenvalue weighted by molar-refractivity contribution is 5.93. The minimum Gasteiger partial charge on any atom is -0.267 e. The van der Waals surface area contributed by atoms with Gasteiger partial charge in [-0.05, 0) is 35.9 Å². The summed E-state index contributed by atoms with van der Waals surface area (Å²) in [5.41, 5.74) is 2.94. The van der Waals surface area contributed by atoms with Crippen LogP contribution >= 0.6 is 0 Å². The molecule has 0 N–H and O–H groups in total. The van der Waals surface area contributed by atoms with Gasteiger partial charge in [0, 0.05) is 23.3 Å². The monoisotopic (exact) mass is 338 g/mol. The number of hydrogen-bond acceptors (Lipinski definition) is 4. The molecule has 0 aliphatic heterocycles. The molecule has 0 saturated carbocycles. The van der Waals surface area contributed by atoms with Crippen LogP contribution in [0.2, 0.25) is 0 Å². The van der Waals surface area contributed by atoms with Crippen molar-refractivity contribution in [3.63, 3.8) is 0 Å². The van der Waals surface area contributed by atoms with Crippen LogP contribution in [0.25, 0.3) is 22.0 Å². The second kappa shape index (κ2) is 6.61. The first-order valence-corrected chi connectivity index (χ1v) is 8.15. The summed E-state index contributed by atoms with van der Waals surface area (Å²) in [5, 5.41) is 15.0. The second-order valence-corrected chi connectivity index (χ2v) is 5.91. The van der Waals surface area contributed by atoms with Gasteiger partial charge >= 0.3 is 0 Å². The average Bonchev–Trinajstić information content (AvgIpc) is 2.71. The van der Waals surface area contributed by atoms with E-state index in [0.717, 1.165) is 22.2 Å². The predicted octanol–water partition coefficient (Wildman–Crippen LogP) is 3.38. The van der Waals surface area contributed by atoms with Gasteiger partial charge in [-0.1, -0.05) is 30.3 Å². The quantitative estimate of drug-likeness (QED) is 0.574. The molecule has 0 aliphatic rings. The maximum Gasteiger partial charge on any atom is 0.274 e. The third kappa shape index (κ3) is 2.85. The number of aromatic nitrogens is 3. The van der Waals surface area contributed by atoms with Gasteiger partial charge in [-0.2, -0.15) is 10.4 Å². The highest BCUT2D eigenvalue weighted by Gasteiger charge is 2.12. The van der Waals surface area contributed by atoms with E-state index in [9.17, 15) is 4.79 Å². The van der Waals surface area contributed by atoms with Crippen molar-refractivity contribution in [2.45, 2.75) is 6.54 Å². The van der Waals surface area contributed by atoms with Crippen molar-refractivity contribution in [2.24, 2.45) is 0 Å². The fourth-order valence-electron chi connectivity index (χ4n) is 2.92. The van der Waals surface area contributed by atoms with Crippen molar-refractivity contribution in [1.82, 2.24) is 14.8 Å². The molecule has 2 heterocycles. The van der Waals surface area contributed by atoms with Crippen molar-refractivity contribution in [1.29, 1.82) is 5.26 Å². The summed E-state index contributed by atoms with van der Waals surface area (Å²) in [6.45, 7) is 0.336. The van der Waals surface area contributed by atoms with Crippen LogP contribution in [0.5, 0.6) is 0 Å². The number of nitrogens with zero attached hydrogens (tertiary/aromatic N) is 4. The van der Waals surface area contributed by atoms with Crippen LogP contribution in [0.4, 0.5) is 0 Å². The van der Waals surface area contributed by atoms with E-state index in [2.05, 4.69) is 16.2 Å². The lowest BCUT2D eigenvalue weighted by atomic mass is 10.1. The predicted molar refractivity (Wildman–Crippen MR) is 99.5 cm³/mol. The van der Waals surface area contributed by atoms with E-state index in [-0.39, 0.29) is 5.56 Å². The summed E-state index contributed by atoms with van der Waals surface area (Å²) < 4.78 is 1.46. The Kier molecular flexibility index (Phi) is 4.00. The Morgan fingerprint density at radius 1 is 0.962 bits per heavy atom. The molecule has 4 rings (SSSR count). The zero-order valence-corrected chi connectivity index (χ0v) is 13.8. The Hall–Kier alpha value is -3.78. The van der Waals surface area contributed by atoms with Gasteiger partial charge in [0.15, 0.2) is 0 Å². The first-order chi connectivity index (χ1) is 12.8. The molecule has 0 radical (unpaired) electrons. The van der Waals surface area contributed by atoms with Crippen molar-refractivity contribution >= 4 is 10.8 Å². The Morgan fingerprint density at radius 2 is 1.73 bits per heavy atom. The highest BCUT2D eigenvalue weighted by Crippen LogP contribution is 2.23. The Bertz CT molecular complexity index is 1170. The minimum absolute atomic E-state index is 0.141. The largest absolute Gasteiger partial charge is 0.274 e. The van der Waals surface area contributed by atoms with Gasteiger partial charge in [0.2, 0.25) is 0 Å². The average molecular weight is 338 g/mol. The van der Waals surface area contributed by atoms with E-state index in [4.69, 9.17) is 5.26 Å². The number of pyridine rings is 1. The van der Waals surface area contributed by atoms with E-state index in [0.29, 0.717) is 17.5 Å². The maximum absolute atomic E-state index is 12.9. The lowest BCUT2D eigenvalue weighted by Crippen LogP contribution is -2.24. The molecule has 0 amide bonds. The molecule has 0 spiro atoms. The molecular formula is C21H14N4O. The van der Waals surface area contributed by atoms with Crippen LogP contribution in [0.3, 0.4) is 0 Å². The highest BCUT2D eigenvalue weighted by atomic mass is 16.1. The van der Waals surface area contributed by atoms with Gasteiger partial charge in [-0.3, -0.25) is 9.78 Å². The SMILES string of the molecule is N#Cc1ccc(Cn2nc(-c3cccnc3)c3ccccc3c2=O)cc1.